The highest BCUT2D eigenvalue weighted by Gasteiger charge is 2.22. The van der Waals surface area contributed by atoms with Gasteiger partial charge >= 0.3 is 0 Å². The van der Waals surface area contributed by atoms with Crippen LogP contribution < -0.4 is 5.32 Å². The SMILES string of the molecule is Fc1ccc(-c2nc3cnccn3c2-c2ccc(F)cc2)cc1.Fc1ccc(-c2nc3n(c2-c2ccc(F)cc2)CCNC3)cc1. The minimum Gasteiger partial charge on any atom is -0.325 e. The van der Waals surface area contributed by atoms with Crippen molar-refractivity contribution in [3.8, 4) is 45.0 Å². The maximum Gasteiger partial charge on any atom is 0.156 e. The molecular formula is C36H26F4N6. The van der Waals surface area contributed by atoms with Gasteiger partial charge in [0.05, 0.1) is 35.5 Å². The lowest BCUT2D eigenvalue weighted by atomic mass is 10.0. The summed E-state index contributed by atoms with van der Waals surface area (Å²) in [6.45, 7) is 2.35. The topological polar surface area (TPSA) is 60.0 Å². The molecule has 1 aliphatic heterocycles. The molecule has 0 atom stereocenters. The number of benzene rings is 4. The lowest BCUT2D eigenvalue weighted by Crippen LogP contribution is -2.28. The van der Waals surface area contributed by atoms with Crippen molar-refractivity contribution in [1.29, 1.82) is 0 Å². The second-order valence-electron chi connectivity index (χ2n) is 10.7. The minimum absolute atomic E-state index is 0.267. The van der Waals surface area contributed by atoms with Crippen LogP contribution in [0.2, 0.25) is 0 Å². The number of rotatable bonds is 4. The van der Waals surface area contributed by atoms with Gasteiger partial charge in [0, 0.05) is 47.7 Å². The predicted octanol–water partition coefficient (Wildman–Crippen LogP) is 7.94. The molecule has 0 radical (unpaired) electrons. The Labute approximate surface area is 261 Å². The second kappa shape index (κ2) is 12.4. The summed E-state index contributed by atoms with van der Waals surface area (Å²) in [7, 11) is 0. The van der Waals surface area contributed by atoms with E-state index in [1.807, 2.05) is 4.40 Å². The van der Waals surface area contributed by atoms with E-state index in [-0.39, 0.29) is 23.3 Å². The molecule has 46 heavy (non-hydrogen) atoms. The van der Waals surface area contributed by atoms with Crippen LogP contribution in [0.3, 0.4) is 0 Å². The number of hydrogen-bond acceptors (Lipinski definition) is 4. The van der Waals surface area contributed by atoms with Gasteiger partial charge in [-0.3, -0.25) is 9.38 Å². The fraction of sp³-hybridized carbons (Fsp3) is 0.0833. The number of nitrogens with one attached hydrogen (secondary N) is 1. The first-order chi connectivity index (χ1) is 22.4. The van der Waals surface area contributed by atoms with Crippen LogP contribution in [0.4, 0.5) is 17.6 Å². The van der Waals surface area contributed by atoms with Gasteiger partial charge in [0.1, 0.15) is 29.1 Å². The van der Waals surface area contributed by atoms with Crippen molar-refractivity contribution >= 4 is 5.65 Å². The molecule has 6 nitrogen and oxygen atoms in total. The van der Waals surface area contributed by atoms with Gasteiger partial charge in [-0.15, -0.1) is 0 Å². The van der Waals surface area contributed by atoms with Crippen LogP contribution in [0, 0.1) is 23.3 Å². The number of aromatic nitrogens is 5. The number of hydrogen-bond donors (Lipinski definition) is 1. The monoisotopic (exact) mass is 618 g/mol. The van der Waals surface area contributed by atoms with Crippen molar-refractivity contribution in [2.24, 2.45) is 0 Å². The smallest absolute Gasteiger partial charge is 0.156 e. The molecule has 1 aliphatic rings. The molecule has 7 aromatic rings. The van der Waals surface area contributed by atoms with Crippen molar-refractivity contribution in [3.63, 3.8) is 0 Å². The zero-order valence-corrected chi connectivity index (χ0v) is 24.3. The van der Waals surface area contributed by atoms with Crippen molar-refractivity contribution in [3.05, 3.63) is 145 Å². The molecule has 10 heteroatoms. The first-order valence-corrected chi connectivity index (χ1v) is 14.6. The molecule has 4 heterocycles. The summed E-state index contributed by atoms with van der Waals surface area (Å²) in [5, 5.41) is 3.30. The van der Waals surface area contributed by atoms with Crippen LogP contribution in [-0.2, 0) is 13.1 Å². The summed E-state index contributed by atoms with van der Waals surface area (Å²) < 4.78 is 57.0. The van der Waals surface area contributed by atoms with Gasteiger partial charge in [0.15, 0.2) is 5.65 Å². The molecule has 8 rings (SSSR count). The van der Waals surface area contributed by atoms with Crippen molar-refractivity contribution in [2.75, 3.05) is 6.54 Å². The van der Waals surface area contributed by atoms with Gasteiger partial charge in [0.2, 0.25) is 0 Å². The minimum atomic E-state index is -0.303. The van der Waals surface area contributed by atoms with Gasteiger partial charge in [-0.25, -0.2) is 27.5 Å². The summed E-state index contributed by atoms with van der Waals surface area (Å²) in [6, 6.07) is 25.1. The third kappa shape index (κ3) is 5.78. The lowest BCUT2D eigenvalue weighted by Gasteiger charge is -2.18. The molecule has 0 aliphatic carbocycles. The van der Waals surface area contributed by atoms with E-state index < -0.39 is 0 Å². The van der Waals surface area contributed by atoms with E-state index in [0.29, 0.717) is 17.9 Å². The summed E-state index contributed by atoms with van der Waals surface area (Å²) in [5.41, 5.74) is 7.31. The Morgan fingerprint density at radius 2 is 1.04 bits per heavy atom. The standard InChI is InChI=1S/C18H15F2N3.C18H11F2N3/c2*19-14-5-1-12(2-6-14)17-18(13-3-7-15(20)8-4-13)23-10-9-21-11-16(23)22-17/h1-8,21H,9-11H2;1-11H. The predicted molar refractivity (Wildman–Crippen MR) is 168 cm³/mol. The van der Waals surface area contributed by atoms with E-state index in [4.69, 9.17) is 4.98 Å². The largest absolute Gasteiger partial charge is 0.325 e. The van der Waals surface area contributed by atoms with Crippen LogP contribution in [0.1, 0.15) is 5.82 Å². The zero-order chi connectivity index (χ0) is 31.6. The third-order valence-corrected chi connectivity index (χ3v) is 7.74. The Hall–Kier alpha value is -5.61. The highest BCUT2D eigenvalue weighted by atomic mass is 19.1. The Balaban J connectivity index is 0.000000147. The molecule has 0 unspecified atom stereocenters. The molecule has 1 N–H and O–H groups in total. The average Bonchev–Trinajstić information content (AvgIpc) is 3.66. The van der Waals surface area contributed by atoms with Crippen LogP contribution in [0.25, 0.3) is 50.7 Å². The van der Waals surface area contributed by atoms with Gasteiger partial charge in [0.25, 0.3) is 0 Å². The van der Waals surface area contributed by atoms with E-state index in [2.05, 4.69) is 19.9 Å². The molecule has 0 spiro atoms. The van der Waals surface area contributed by atoms with Crippen LogP contribution in [0.5, 0.6) is 0 Å². The van der Waals surface area contributed by atoms with E-state index in [9.17, 15) is 17.6 Å². The number of imidazole rings is 2. The Morgan fingerprint density at radius 1 is 0.565 bits per heavy atom. The first-order valence-electron chi connectivity index (χ1n) is 14.6. The normalized spacial score (nSPS) is 12.4. The number of fused-ring (bicyclic) bond motifs is 2. The molecular weight excluding hydrogens is 592 g/mol. The quantitative estimate of drug-likeness (QED) is 0.204. The lowest BCUT2D eigenvalue weighted by molar-refractivity contribution is 0.508. The first kappa shape index (κ1) is 29.1. The fourth-order valence-corrected chi connectivity index (χ4v) is 5.57. The van der Waals surface area contributed by atoms with Crippen LogP contribution in [0.15, 0.2) is 116 Å². The average molecular weight is 619 g/mol. The van der Waals surface area contributed by atoms with Crippen molar-refractivity contribution in [1.82, 2.24) is 29.2 Å². The van der Waals surface area contributed by atoms with E-state index >= 15 is 0 Å². The highest BCUT2D eigenvalue weighted by molar-refractivity contribution is 5.82. The number of nitrogens with zero attached hydrogens (tertiary/aromatic N) is 5. The van der Waals surface area contributed by atoms with Crippen LogP contribution >= 0.6 is 0 Å². The Morgan fingerprint density at radius 3 is 1.59 bits per heavy atom. The van der Waals surface area contributed by atoms with E-state index in [1.54, 1.807) is 67.1 Å². The third-order valence-electron chi connectivity index (χ3n) is 7.74. The van der Waals surface area contributed by atoms with Crippen molar-refractivity contribution < 1.29 is 17.6 Å². The van der Waals surface area contributed by atoms with Crippen molar-refractivity contribution in [2.45, 2.75) is 13.1 Å². The Kier molecular flexibility index (Phi) is 7.86. The van der Waals surface area contributed by atoms with E-state index in [0.717, 1.165) is 58.2 Å². The Bertz CT molecular complexity index is 2120. The summed E-state index contributed by atoms with van der Waals surface area (Å²) >= 11 is 0. The second-order valence-corrected chi connectivity index (χ2v) is 10.7. The summed E-state index contributed by atoms with van der Waals surface area (Å²) in [6.07, 6.45) is 5.12. The van der Waals surface area contributed by atoms with Gasteiger partial charge in [-0.2, -0.15) is 0 Å². The maximum absolute atomic E-state index is 13.3. The molecule has 4 aromatic carbocycles. The van der Waals surface area contributed by atoms with Crippen LogP contribution in [-0.4, -0.2) is 30.5 Å². The van der Waals surface area contributed by atoms with Gasteiger partial charge < -0.3 is 9.88 Å². The van der Waals surface area contributed by atoms with Gasteiger partial charge in [-0.05, 0) is 97.1 Å². The fourth-order valence-electron chi connectivity index (χ4n) is 5.57. The van der Waals surface area contributed by atoms with E-state index in [1.165, 1.54) is 48.5 Å². The zero-order valence-electron chi connectivity index (χ0n) is 24.3. The van der Waals surface area contributed by atoms with Gasteiger partial charge in [-0.1, -0.05) is 0 Å². The molecule has 0 saturated heterocycles. The summed E-state index contributed by atoms with van der Waals surface area (Å²) in [5.74, 6) is -0.204. The number of halogens is 4. The molecule has 0 fully saturated rings. The highest BCUT2D eigenvalue weighted by Crippen LogP contribution is 2.35. The molecule has 0 bridgehead atoms. The maximum atomic E-state index is 13.3. The molecule has 228 valence electrons. The summed E-state index contributed by atoms with van der Waals surface area (Å²) in [4.78, 5) is 13.4. The molecule has 0 saturated carbocycles. The molecule has 0 amide bonds. The molecule has 3 aromatic heterocycles.